The highest BCUT2D eigenvalue weighted by Gasteiger charge is 2.54. The molecule has 2 aliphatic carbocycles. The van der Waals surface area contributed by atoms with E-state index in [0.29, 0.717) is 40.8 Å². The Morgan fingerprint density at radius 1 is 1.12 bits per heavy atom. The zero-order valence-electron chi connectivity index (χ0n) is 23.0. The molecule has 2 fully saturated rings. The van der Waals surface area contributed by atoms with Crippen molar-refractivity contribution in [1.29, 1.82) is 5.26 Å². The van der Waals surface area contributed by atoms with Crippen LogP contribution in [0.4, 0.5) is 0 Å². The van der Waals surface area contributed by atoms with Crippen molar-refractivity contribution >= 4 is 40.4 Å². The molecule has 0 aromatic carbocycles. The summed E-state index contributed by atoms with van der Waals surface area (Å²) in [5.41, 5.74) is 1.14. The molecule has 214 valence electrons. The van der Waals surface area contributed by atoms with Crippen LogP contribution in [0.5, 0.6) is 0 Å². The molecule has 4 heterocycles. The van der Waals surface area contributed by atoms with Crippen molar-refractivity contribution in [2.45, 2.75) is 62.6 Å². The maximum Gasteiger partial charge on any atom is 0.261 e. The zero-order chi connectivity index (χ0) is 28.9. The van der Waals surface area contributed by atoms with Gasteiger partial charge in [-0.3, -0.25) is 14.4 Å². The van der Waals surface area contributed by atoms with Gasteiger partial charge in [-0.2, -0.15) is 10.5 Å². The number of nitriles is 1. The van der Waals surface area contributed by atoms with Gasteiger partial charge in [0.15, 0.2) is 5.82 Å². The summed E-state index contributed by atoms with van der Waals surface area (Å²) in [5, 5.41) is 33.9. The number of aromatic nitrogens is 4. The van der Waals surface area contributed by atoms with Crippen molar-refractivity contribution in [3.05, 3.63) is 48.6 Å². The summed E-state index contributed by atoms with van der Waals surface area (Å²) in [5.74, 6) is 0.487. The lowest BCUT2D eigenvalue weighted by atomic mass is 9.76. The van der Waals surface area contributed by atoms with Crippen LogP contribution in [0.3, 0.4) is 0 Å². The summed E-state index contributed by atoms with van der Waals surface area (Å²) < 4.78 is 0. The SMILES string of the molecule is CNC(=O)c1cc2c(s1)C(C[C@H](C)NCC(=O)N1C(C#N)C[C@@H]3C[C@@H]31)(c1nn[nH]n1)c1sc(C(=O)NC)cc1CC2. The van der Waals surface area contributed by atoms with Crippen molar-refractivity contribution in [2.75, 3.05) is 20.6 Å². The average molecular weight is 594 g/mol. The van der Waals surface area contributed by atoms with Crippen LogP contribution < -0.4 is 16.0 Å². The Hall–Kier alpha value is -3.67. The highest BCUT2D eigenvalue weighted by molar-refractivity contribution is 7.16. The van der Waals surface area contributed by atoms with E-state index in [4.69, 9.17) is 0 Å². The van der Waals surface area contributed by atoms with E-state index in [1.807, 2.05) is 19.1 Å². The molecule has 0 bridgehead atoms. The van der Waals surface area contributed by atoms with Crippen molar-refractivity contribution in [2.24, 2.45) is 5.92 Å². The minimum atomic E-state index is -0.915. The Morgan fingerprint density at radius 2 is 1.76 bits per heavy atom. The third-order valence-corrected chi connectivity index (χ3v) is 11.1. The van der Waals surface area contributed by atoms with Gasteiger partial charge in [0.1, 0.15) is 11.5 Å². The molecule has 1 aliphatic heterocycles. The first-order valence-electron chi connectivity index (χ1n) is 13.7. The predicted octanol–water partition coefficient (Wildman–Crippen LogP) is 1.36. The first-order valence-corrected chi connectivity index (χ1v) is 15.3. The average Bonchev–Trinajstić information content (AvgIpc) is 3.48. The van der Waals surface area contributed by atoms with Gasteiger partial charge in [-0.25, -0.2) is 0 Å². The topological polar surface area (TPSA) is 169 Å². The molecule has 14 heteroatoms. The molecule has 3 aromatic heterocycles. The molecule has 1 unspecified atom stereocenters. The van der Waals surface area contributed by atoms with Gasteiger partial charge in [0.25, 0.3) is 11.8 Å². The van der Waals surface area contributed by atoms with Crippen molar-refractivity contribution in [3.8, 4) is 6.07 Å². The second-order valence-electron chi connectivity index (χ2n) is 11.0. The monoisotopic (exact) mass is 593 g/mol. The number of nitrogens with one attached hydrogen (secondary N) is 4. The normalized spacial score (nSPS) is 22.5. The van der Waals surface area contributed by atoms with Crippen LogP contribution in [0.15, 0.2) is 12.1 Å². The number of rotatable bonds is 8. The van der Waals surface area contributed by atoms with E-state index >= 15 is 0 Å². The second-order valence-corrected chi connectivity index (χ2v) is 13.1. The molecule has 3 aliphatic rings. The summed E-state index contributed by atoms with van der Waals surface area (Å²) in [6.45, 7) is 2.11. The lowest BCUT2D eigenvalue weighted by Gasteiger charge is -2.33. The minimum absolute atomic E-state index is 0.0692. The summed E-state index contributed by atoms with van der Waals surface area (Å²) in [4.78, 5) is 43.5. The Labute approximate surface area is 244 Å². The molecule has 41 heavy (non-hydrogen) atoms. The van der Waals surface area contributed by atoms with Gasteiger partial charge in [0.2, 0.25) is 5.91 Å². The highest BCUT2D eigenvalue weighted by atomic mass is 32.1. The number of aryl methyl sites for hydroxylation is 2. The fourth-order valence-corrected chi connectivity index (χ4v) is 9.21. The fraction of sp³-hybridized carbons (Fsp3) is 0.519. The van der Waals surface area contributed by atoms with Gasteiger partial charge in [0.05, 0.1) is 22.4 Å². The highest BCUT2D eigenvalue weighted by Crippen LogP contribution is 2.52. The smallest absolute Gasteiger partial charge is 0.261 e. The molecule has 3 aromatic rings. The maximum absolute atomic E-state index is 13.2. The number of piperidine rings is 1. The fourth-order valence-electron chi connectivity index (χ4n) is 6.43. The van der Waals surface area contributed by atoms with E-state index in [1.165, 1.54) is 22.7 Å². The number of aromatic amines is 1. The van der Waals surface area contributed by atoms with E-state index in [1.54, 1.807) is 19.0 Å². The zero-order valence-corrected chi connectivity index (χ0v) is 24.6. The molecule has 0 spiro atoms. The van der Waals surface area contributed by atoms with E-state index in [2.05, 4.69) is 42.6 Å². The largest absolute Gasteiger partial charge is 0.354 e. The number of likely N-dealkylation sites (tertiary alicyclic amines) is 1. The third kappa shape index (κ3) is 4.61. The number of hydrogen-bond donors (Lipinski definition) is 4. The number of amides is 3. The molecular formula is C27H31N9O3S2. The maximum atomic E-state index is 13.2. The number of carbonyl (C=O) groups is 3. The van der Waals surface area contributed by atoms with Crippen LogP contribution in [0.2, 0.25) is 0 Å². The quantitative estimate of drug-likeness (QED) is 0.304. The first-order chi connectivity index (χ1) is 19.8. The molecule has 6 rings (SSSR count). The van der Waals surface area contributed by atoms with Gasteiger partial charge in [-0.05, 0) is 68.2 Å². The number of fused-ring (bicyclic) bond motifs is 3. The minimum Gasteiger partial charge on any atom is -0.354 e. The van der Waals surface area contributed by atoms with Crippen molar-refractivity contribution in [1.82, 2.24) is 41.5 Å². The van der Waals surface area contributed by atoms with Gasteiger partial charge in [-0.1, -0.05) is 5.21 Å². The molecular weight excluding hydrogens is 562 g/mol. The summed E-state index contributed by atoms with van der Waals surface area (Å²) >= 11 is 2.81. The predicted molar refractivity (Wildman–Crippen MR) is 152 cm³/mol. The second kappa shape index (κ2) is 10.6. The van der Waals surface area contributed by atoms with E-state index < -0.39 is 5.41 Å². The number of tetrazole rings is 1. The van der Waals surface area contributed by atoms with E-state index in [0.717, 1.165) is 33.7 Å². The Bertz CT molecular complexity index is 1480. The number of nitrogens with zero attached hydrogens (tertiary/aromatic N) is 5. The summed E-state index contributed by atoms with van der Waals surface area (Å²) in [6.07, 6.45) is 3.56. The Balaban J connectivity index is 1.39. The van der Waals surface area contributed by atoms with E-state index in [-0.39, 0.29) is 42.4 Å². The molecule has 4 N–H and O–H groups in total. The summed E-state index contributed by atoms with van der Waals surface area (Å²) in [6, 6.07) is 5.78. The molecule has 0 radical (unpaired) electrons. The lowest BCUT2D eigenvalue weighted by Crippen LogP contribution is -2.46. The van der Waals surface area contributed by atoms with Gasteiger partial charge in [0, 0.05) is 35.9 Å². The molecule has 3 amide bonds. The number of carbonyl (C=O) groups excluding carboxylic acids is 3. The Morgan fingerprint density at radius 3 is 2.29 bits per heavy atom. The lowest BCUT2D eigenvalue weighted by molar-refractivity contribution is -0.131. The van der Waals surface area contributed by atoms with Crippen LogP contribution in [-0.4, -0.2) is 82.0 Å². The molecule has 1 saturated carbocycles. The van der Waals surface area contributed by atoms with Gasteiger partial charge < -0.3 is 20.9 Å². The van der Waals surface area contributed by atoms with Crippen LogP contribution >= 0.6 is 22.7 Å². The van der Waals surface area contributed by atoms with Crippen LogP contribution in [0, 0.1) is 17.2 Å². The van der Waals surface area contributed by atoms with Crippen molar-refractivity contribution < 1.29 is 14.4 Å². The van der Waals surface area contributed by atoms with Gasteiger partial charge in [-0.15, -0.1) is 32.9 Å². The molecule has 1 saturated heterocycles. The summed E-state index contributed by atoms with van der Waals surface area (Å²) in [7, 11) is 3.22. The van der Waals surface area contributed by atoms with Crippen LogP contribution in [-0.2, 0) is 23.1 Å². The van der Waals surface area contributed by atoms with Crippen LogP contribution in [0.1, 0.15) is 72.2 Å². The first kappa shape index (κ1) is 27.5. The standard InChI is InChI=1S/C27H31N9O3S2/c1-13(31-12-21(37)36-17(11-28)6-16-7-18(16)36)10-27(26-32-34-35-33-26)22-14(8-19(40-22)24(38)29-2)4-5-15-9-20(25(39)30-3)41-23(15)27/h8-9,13,16-18,31H,4-7,10,12H2,1-3H3,(H,29,38)(H,30,39)(H,32,33,34,35)/t13-,16+,17?,18-/m0/s1. The number of hydrogen-bond acceptors (Lipinski definition) is 10. The molecule has 12 nitrogen and oxygen atoms in total. The number of thiophene rings is 2. The number of H-pyrrole nitrogens is 1. The van der Waals surface area contributed by atoms with Gasteiger partial charge >= 0.3 is 0 Å². The third-order valence-electron chi connectivity index (χ3n) is 8.44. The van der Waals surface area contributed by atoms with Crippen molar-refractivity contribution in [3.63, 3.8) is 0 Å². The molecule has 4 atom stereocenters. The Kier molecular flexibility index (Phi) is 7.13. The van der Waals surface area contributed by atoms with Crippen LogP contribution in [0.25, 0.3) is 0 Å². The van der Waals surface area contributed by atoms with E-state index in [9.17, 15) is 19.6 Å².